The number of piperidine rings is 1. The first-order valence-corrected chi connectivity index (χ1v) is 9.04. The highest BCUT2D eigenvalue weighted by atomic mass is 16.3. The molecule has 3 aromatic rings. The van der Waals surface area contributed by atoms with Gasteiger partial charge in [-0.25, -0.2) is 0 Å². The van der Waals surface area contributed by atoms with E-state index in [1.807, 2.05) is 18.2 Å². The first-order chi connectivity index (χ1) is 13.1. The number of nitrogen functional groups attached to an aromatic ring is 1. The van der Waals surface area contributed by atoms with Gasteiger partial charge in [0.15, 0.2) is 0 Å². The Morgan fingerprint density at radius 3 is 2.56 bits per heavy atom. The molecule has 4 rings (SSSR count). The van der Waals surface area contributed by atoms with Crippen LogP contribution in [0.1, 0.15) is 19.3 Å². The van der Waals surface area contributed by atoms with Gasteiger partial charge in [-0.1, -0.05) is 12.1 Å². The molecule has 7 heteroatoms. The number of aromatic nitrogens is 3. The molecule has 27 heavy (non-hydrogen) atoms. The van der Waals surface area contributed by atoms with Crippen LogP contribution in [0.3, 0.4) is 0 Å². The van der Waals surface area contributed by atoms with Crippen LogP contribution in [0.2, 0.25) is 0 Å². The van der Waals surface area contributed by atoms with Gasteiger partial charge in [0.2, 0.25) is 0 Å². The van der Waals surface area contributed by atoms with Crippen molar-refractivity contribution in [3.63, 3.8) is 0 Å². The maximum atomic E-state index is 13.0. The van der Waals surface area contributed by atoms with E-state index in [0.717, 1.165) is 25.9 Å². The van der Waals surface area contributed by atoms with Gasteiger partial charge in [0.1, 0.15) is 17.1 Å². The molecule has 0 atom stereocenters. The Bertz CT molecular complexity index is 1010. The van der Waals surface area contributed by atoms with Crippen molar-refractivity contribution in [2.75, 3.05) is 23.7 Å². The van der Waals surface area contributed by atoms with Crippen LogP contribution in [-0.4, -0.2) is 33.0 Å². The lowest BCUT2D eigenvalue weighted by Gasteiger charge is -2.31. The third kappa shape index (κ3) is 3.23. The molecule has 1 aromatic carbocycles. The summed E-state index contributed by atoms with van der Waals surface area (Å²) in [6, 6.07) is 12.0. The number of aromatic hydroxyl groups is 1. The van der Waals surface area contributed by atoms with Crippen molar-refractivity contribution in [1.82, 2.24) is 14.8 Å². The third-order valence-electron chi connectivity index (χ3n) is 4.76. The number of rotatable bonds is 3. The summed E-state index contributed by atoms with van der Waals surface area (Å²) in [5, 5.41) is 14.4. The van der Waals surface area contributed by atoms with Gasteiger partial charge < -0.3 is 15.7 Å². The maximum Gasteiger partial charge on any atom is 0.296 e. The van der Waals surface area contributed by atoms with Crippen molar-refractivity contribution in [1.29, 1.82) is 0 Å². The van der Waals surface area contributed by atoms with Gasteiger partial charge in [-0.05, 0) is 43.5 Å². The van der Waals surface area contributed by atoms with E-state index in [-0.39, 0.29) is 11.4 Å². The van der Waals surface area contributed by atoms with Crippen LogP contribution < -0.4 is 16.2 Å². The highest BCUT2D eigenvalue weighted by Gasteiger charge is 2.24. The zero-order chi connectivity index (χ0) is 18.8. The van der Waals surface area contributed by atoms with E-state index in [2.05, 4.69) is 15.0 Å². The molecule has 2 aromatic heterocycles. The van der Waals surface area contributed by atoms with Crippen LogP contribution in [0.4, 0.5) is 11.4 Å². The lowest BCUT2D eigenvalue weighted by molar-refractivity contribution is 0.474. The zero-order valence-electron chi connectivity index (χ0n) is 14.9. The van der Waals surface area contributed by atoms with E-state index in [4.69, 9.17) is 5.73 Å². The first kappa shape index (κ1) is 17.1. The summed E-state index contributed by atoms with van der Waals surface area (Å²) < 4.78 is 1.23. The van der Waals surface area contributed by atoms with E-state index < -0.39 is 5.56 Å². The molecule has 0 unspecified atom stereocenters. The molecule has 1 fully saturated rings. The minimum atomic E-state index is -0.402. The van der Waals surface area contributed by atoms with Crippen molar-refractivity contribution in [2.45, 2.75) is 19.3 Å². The fourth-order valence-electron chi connectivity index (χ4n) is 3.45. The fourth-order valence-corrected chi connectivity index (χ4v) is 3.45. The van der Waals surface area contributed by atoms with Crippen molar-refractivity contribution < 1.29 is 5.11 Å². The van der Waals surface area contributed by atoms with E-state index >= 15 is 0 Å². The van der Waals surface area contributed by atoms with Gasteiger partial charge >= 0.3 is 0 Å². The van der Waals surface area contributed by atoms with Crippen molar-refractivity contribution in [3.8, 4) is 22.8 Å². The van der Waals surface area contributed by atoms with Gasteiger partial charge in [0, 0.05) is 25.4 Å². The predicted molar refractivity (Wildman–Crippen MR) is 105 cm³/mol. The molecule has 1 aliphatic rings. The number of hydrogen-bond donors (Lipinski definition) is 2. The minimum absolute atomic E-state index is 0.0549. The monoisotopic (exact) mass is 363 g/mol. The second-order valence-electron chi connectivity index (χ2n) is 6.61. The smallest absolute Gasteiger partial charge is 0.296 e. The molecule has 1 saturated heterocycles. The molecule has 1 aliphatic heterocycles. The second-order valence-corrected chi connectivity index (χ2v) is 6.61. The number of benzene rings is 1. The van der Waals surface area contributed by atoms with Gasteiger partial charge in [0.05, 0.1) is 17.1 Å². The van der Waals surface area contributed by atoms with Crippen molar-refractivity contribution in [2.24, 2.45) is 0 Å². The summed E-state index contributed by atoms with van der Waals surface area (Å²) in [4.78, 5) is 19.5. The molecule has 0 amide bonds. The van der Waals surface area contributed by atoms with Crippen LogP contribution in [0.25, 0.3) is 17.1 Å². The number of pyridine rings is 1. The minimum Gasteiger partial charge on any atom is -0.508 e. The summed E-state index contributed by atoms with van der Waals surface area (Å²) >= 11 is 0. The van der Waals surface area contributed by atoms with Gasteiger partial charge in [-0.2, -0.15) is 9.78 Å². The molecular formula is C20H21N5O2. The molecule has 138 valence electrons. The number of anilines is 2. The summed E-state index contributed by atoms with van der Waals surface area (Å²) in [6.07, 6.45) is 4.97. The van der Waals surface area contributed by atoms with E-state index in [1.165, 1.54) is 17.2 Å². The summed E-state index contributed by atoms with van der Waals surface area (Å²) in [6.45, 7) is 1.67. The number of phenolic OH excluding ortho intramolecular Hbond substituents is 1. The lowest BCUT2D eigenvalue weighted by Crippen LogP contribution is -2.35. The number of hydrogen-bond acceptors (Lipinski definition) is 6. The zero-order valence-corrected chi connectivity index (χ0v) is 14.9. The van der Waals surface area contributed by atoms with Crippen LogP contribution in [0.15, 0.2) is 53.5 Å². The van der Waals surface area contributed by atoms with Crippen molar-refractivity contribution >= 4 is 11.4 Å². The van der Waals surface area contributed by atoms with E-state index in [1.54, 1.807) is 24.4 Å². The normalized spacial score (nSPS) is 14.3. The molecule has 0 spiro atoms. The Kier molecular flexibility index (Phi) is 4.50. The standard InChI is InChI=1S/C20H21N5O2/c21-17-19(24-11-4-1-5-12-24)18(16-9-2-3-10-22-16)23-25(20(17)27)14-7-6-8-15(26)13-14/h2-3,6-10,13,26H,1,4-5,11-12,21H2. The quantitative estimate of drug-likeness (QED) is 0.742. The average Bonchev–Trinajstić information content (AvgIpc) is 2.71. The molecule has 3 N–H and O–H groups in total. The topological polar surface area (TPSA) is 97.3 Å². The first-order valence-electron chi connectivity index (χ1n) is 9.04. The summed E-state index contributed by atoms with van der Waals surface area (Å²) in [7, 11) is 0. The SMILES string of the molecule is Nc1c(N2CCCCC2)c(-c2ccccn2)nn(-c2cccc(O)c2)c1=O. The largest absolute Gasteiger partial charge is 0.508 e. The number of phenols is 1. The Morgan fingerprint density at radius 2 is 1.85 bits per heavy atom. The predicted octanol–water partition coefficient (Wildman–Crippen LogP) is 2.57. The van der Waals surface area contributed by atoms with Crippen LogP contribution in [-0.2, 0) is 0 Å². The maximum absolute atomic E-state index is 13.0. The highest BCUT2D eigenvalue weighted by molar-refractivity contribution is 5.82. The average molecular weight is 363 g/mol. The number of nitrogens with two attached hydrogens (primary N) is 1. The summed E-state index contributed by atoms with van der Waals surface area (Å²) in [5.41, 5.74) is 8.39. The molecular weight excluding hydrogens is 342 g/mol. The number of nitrogens with zero attached hydrogens (tertiary/aromatic N) is 4. The van der Waals surface area contributed by atoms with E-state index in [0.29, 0.717) is 22.8 Å². The van der Waals surface area contributed by atoms with Gasteiger partial charge in [-0.3, -0.25) is 9.78 Å². The Labute approximate surface area is 156 Å². The fraction of sp³-hybridized carbons (Fsp3) is 0.250. The Hall–Kier alpha value is -3.35. The molecule has 7 nitrogen and oxygen atoms in total. The Balaban J connectivity index is 1.96. The van der Waals surface area contributed by atoms with Crippen molar-refractivity contribution in [3.05, 3.63) is 59.0 Å². The second kappa shape index (κ2) is 7.11. The molecule has 3 heterocycles. The van der Waals surface area contributed by atoms with Crippen LogP contribution in [0.5, 0.6) is 5.75 Å². The van der Waals surface area contributed by atoms with Crippen LogP contribution in [0, 0.1) is 0 Å². The lowest BCUT2D eigenvalue weighted by atomic mass is 10.1. The third-order valence-corrected chi connectivity index (χ3v) is 4.76. The Morgan fingerprint density at radius 1 is 1.04 bits per heavy atom. The van der Waals surface area contributed by atoms with Gasteiger partial charge in [-0.15, -0.1) is 0 Å². The molecule has 0 bridgehead atoms. The molecule has 0 aliphatic carbocycles. The van der Waals surface area contributed by atoms with Gasteiger partial charge in [0.25, 0.3) is 5.56 Å². The summed E-state index contributed by atoms with van der Waals surface area (Å²) in [5.74, 6) is 0.0549. The molecule has 0 radical (unpaired) electrons. The molecule has 0 saturated carbocycles. The van der Waals surface area contributed by atoms with Crippen LogP contribution >= 0.6 is 0 Å². The highest BCUT2D eigenvalue weighted by Crippen LogP contribution is 2.33. The van der Waals surface area contributed by atoms with E-state index in [9.17, 15) is 9.90 Å².